The van der Waals surface area contributed by atoms with Crippen LogP contribution in [0.15, 0.2) is 78.9 Å². The monoisotopic (exact) mass is 497 g/mol. The molecule has 1 N–H and O–H groups in total. The molecule has 1 saturated heterocycles. The quantitative estimate of drug-likeness (QED) is 0.503. The SMILES string of the molecule is COc1ccc(C(=O)N(CC(=O)NCC2CCN(C3Cc4ccccc4C3)CC2)c2ccccc2)cc1. The summed E-state index contributed by atoms with van der Waals surface area (Å²) in [5.41, 5.74) is 4.20. The zero-order valence-corrected chi connectivity index (χ0v) is 21.4. The number of nitrogens with one attached hydrogen (secondary N) is 1. The molecule has 1 aliphatic heterocycles. The average molecular weight is 498 g/mol. The molecule has 37 heavy (non-hydrogen) atoms. The Kier molecular flexibility index (Phi) is 7.85. The first kappa shape index (κ1) is 25.0. The van der Waals surface area contributed by atoms with Crippen molar-refractivity contribution in [2.24, 2.45) is 5.92 Å². The number of piperidine rings is 1. The molecule has 0 aromatic heterocycles. The number of likely N-dealkylation sites (tertiary alicyclic amines) is 1. The second-order valence-corrected chi connectivity index (χ2v) is 10.1. The van der Waals surface area contributed by atoms with Gasteiger partial charge in [0.2, 0.25) is 5.91 Å². The Balaban J connectivity index is 1.14. The van der Waals surface area contributed by atoms with E-state index in [4.69, 9.17) is 4.74 Å². The molecular formula is C31H35N3O3. The summed E-state index contributed by atoms with van der Waals surface area (Å²) in [7, 11) is 1.59. The van der Waals surface area contributed by atoms with Crippen molar-refractivity contribution in [2.75, 3.05) is 38.2 Å². The number of nitrogens with zero attached hydrogens (tertiary/aromatic N) is 2. The van der Waals surface area contributed by atoms with E-state index in [1.54, 1.807) is 31.4 Å². The van der Waals surface area contributed by atoms with Gasteiger partial charge < -0.3 is 10.1 Å². The van der Waals surface area contributed by atoms with Crippen LogP contribution in [-0.2, 0) is 17.6 Å². The molecule has 1 aliphatic carbocycles. The smallest absolute Gasteiger partial charge is 0.258 e. The van der Waals surface area contributed by atoms with E-state index >= 15 is 0 Å². The molecule has 0 spiro atoms. The summed E-state index contributed by atoms with van der Waals surface area (Å²) in [6, 6.07) is 25.7. The third-order valence-electron chi connectivity index (χ3n) is 7.73. The molecule has 0 bridgehead atoms. The van der Waals surface area contributed by atoms with Crippen molar-refractivity contribution in [3.63, 3.8) is 0 Å². The first-order chi connectivity index (χ1) is 18.1. The Bertz CT molecular complexity index is 1180. The van der Waals surface area contributed by atoms with E-state index < -0.39 is 0 Å². The summed E-state index contributed by atoms with van der Waals surface area (Å²) in [6.45, 7) is 2.78. The Morgan fingerprint density at radius 2 is 1.51 bits per heavy atom. The summed E-state index contributed by atoms with van der Waals surface area (Å²) < 4.78 is 5.21. The molecule has 192 valence electrons. The topological polar surface area (TPSA) is 61.9 Å². The van der Waals surface area contributed by atoms with Crippen LogP contribution in [0.4, 0.5) is 5.69 Å². The molecule has 2 amide bonds. The number of anilines is 1. The third kappa shape index (κ3) is 6.03. The Labute approximate surface area is 219 Å². The van der Waals surface area contributed by atoms with Crippen LogP contribution in [0.1, 0.15) is 34.3 Å². The molecule has 0 radical (unpaired) electrons. The minimum atomic E-state index is -0.213. The van der Waals surface area contributed by atoms with Crippen LogP contribution in [0.5, 0.6) is 5.75 Å². The minimum absolute atomic E-state index is 0.0198. The molecule has 6 nitrogen and oxygen atoms in total. The largest absolute Gasteiger partial charge is 0.497 e. The van der Waals surface area contributed by atoms with Gasteiger partial charge in [-0.15, -0.1) is 0 Å². The molecule has 3 aromatic rings. The lowest BCUT2D eigenvalue weighted by Gasteiger charge is -2.36. The Morgan fingerprint density at radius 1 is 0.892 bits per heavy atom. The molecule has 6 heteroatoms. The van der Waals surface area contributed by atoms with E-state index in [-0.39, 0.29) is 18.4 Å². The fourth-order valence-electron chi connectivity index (χ4n) is 5.55. The fourth-order valence-corrected chi connectivity index (χ4v) is 5.55. The van der Waals surface area contributed by atoms with Crippen LogP contribution in [0.3, 0.4) is 0 Å². The van der Waals surface area contributed by atoms with Gasteiger partial charge in [0.25, 0.3) is 5.91 Å². The zero-order chi connectivity index (χ0) is 25.6. The number of fused-ring (bicyclic) bond motifs is 1. The lowest BCUT2D eigenvalue weighted by atomic mass is 9.95. The number of methoxy groups -OCH3 is 1. The van der Waals surface area contributed by atoms with Crippen LogP contribution in [0.25, 0.3) is 0 Å². The number of benzene rings is 3. The van der Waals surface area contributed by atoms with Crippen molar-refractivity contribution in [1.29, 1.82) is 0 Å². The summed E-state index contributed by atoms with van der Waals surface area (Å²) in [4.78, 5) is 30.5. The van der Waals surface area contributed by atoms with Crippen molar-refractivity contribution in [1.82, 2.24) is 10.2 Å². The number of hydrogen-bond acceptors (Lipinski definition) is 4. The maximum atomic E-state index is 13.3. The maximum absolute atomic E-state index is 13.3. The van der Waals surface area contributed by atoms with Crippen LogP contribution in [-0.4, -0.2) is 56.0 Å². The van der Waals surface area contributed by atoms with E-state index in [1.165, 1.54) is 16.0 Å². The summed E-state index contributed by atoms with van der Waals surface area (Å²) in [5, 5.41) is 3.10. The highest BCUT2D eigenvalue weighted by atomic mass is 16.5. The van der Waals surface area contributed by atoms with Crippen molar-refractivity contribution in [2.45, 2.75) is 31.7 Å². The molecule has 5 rings (SSSR count). The molecule has 0 atom stereocenters. The molecule has 1 fully saturated rings. The third-order valence-corrected chi connectivity index (χ3v) is 7.73. The predicted molar refractivity (Wildman–Crippen MR) is 146 cm³/mol. The molecule has 3 aromatic carbocycles. The van der Waals surface area contributed by atoms with Gasteiger partial charge in [0.05, 0.1) is 7.11 Å². The van der Waals surface area contributed by atoms with Crippen LogP contribution in [0.2, 0.25) is 0 Å². The number of hydrogen-bond donors (Lipinski definition) is 1. The second-order valence-electron chi connectivity index (χ2n) is 10.1. The molecule has 0 saturated carbocycles. The Morgan fingerprint density at radius 3 is 2.14 bits per heavy atom. The second kappa shape index (κ2) is 11.6. The number of carbonyl (C=O) groups is 2. The van der Waals surface area contributed by atoms with Crippen molar-refractivity contribution >= 4 is 17.5 Å². The highest BCUT2D eigenvalue weighted by Crippen LogP contribution is 2.28. The molecule has 0 unspecified atom stereocenters. The minimum Gasteiger partial charge on any atom is -0.497 e. The number of ether oxygens (including phenoxy) is 1. The van der Waals surface area contributed by atoms with E-state index in [2.05, 4.69) is 34.5 Å². The number of para-hydroxylation sites is 1. The highest BCUT2D eigenvalue weighted by Gasteiger charge is 2.30. The van der Waals surface area contributed by atoms with Crippen LogP contribution in [0, 0.1) is 5.92 Å². The van der Waals surface area contributed by atoms with Gasteiger partial charge in [-0.2, -0.15) is 0 Å². The zero-order valence-electron chi connectivity index (χ0n) is 21.4. The van der Waals surface area contributed by atoms with Crippen molar-refractivity contribution < 1.29 is 14.3 Å². The molecule has 2 aliphatic rings. The first-order valence-electron chi connectivity index (χ1n) is 13.2. The summed E-state index contributed by atoms with van der Waals surface area (Å²) in [6.07, 6.45) is 4.46. The summed E-state index contributed by atoms with van der Waals surface area (Å²) >= 11 is 0. The first-order valence-corrected chi connectivity index (χ1v) is 13.2. The predicted octanol–water partition coefficient (Wildman–Crippen LogP) is 4.34. The van der Waals surface area contributed by atoms with Crippen molar-refractivity contribution in [3.05, 3.63) is 95.6 Å². The lowest BCUT2D eigenvalue weighted by Crippen LogP contribution is -2.46. The standard InChI is InChI=1S/C31H35N3O3/c1-37-29-13-11-24(12-14-29)31(36)34(27-9-3-2-4-10-27)22-30(35)32-21-23-15-17-33(18-16-23)28-19-25-7-5-6-8-26(25)20-28/h2-14,23,28H,15-22H2,1H3,(H,32,35). The lowest BCUT2D eigenvalue weighted by molar-refractivity contribution is -0.120. The molecular weight excluding hydrogens is 462 g/mol. The van der Waals surface area contributed by atoms with Crippen LogP contribution >= 0.6 is 0 Å². The van der Waals surface area contributed by atoms with Gasteiger partial charge in [-0.25, -0.2) is 0 Å². The number of rotatable bonds is 8. The van der Waals surface area contributed by atoms with Gasteiger partial charge in [0.15, 0.2) is 0 Å². The highest BCUT2D eigenvalue weighted by molar-refractivity contribution is 6.08. The Hall–Kier alpha value is -3.64. The van der Waals surface area contributed by atoms with Gasteiger partial charge in [-0.1, -0.05) is 42.5 Å². The number of carbonyl (C=O) groups excluding carboxylic acids is 2. The van der Waals surface area contributed by atoms with E-state index in [0.717, 1.165) is 38.8 Å². The average Bonchev–Trinajstić information content (AvgIpc) is 3.40. The van der Waals surface area contributed by atoms with Gasteiger partial charge in [0, 0.05) is 23.8 Å². The number of amides is 2. The molecule has 1 heterocycles. The van der Waals surface area contributed by atoms with Gasteiger partial charge in [0.1, 0.15) is 12.3 Å². The van der Waals surface area contributed by atoms with E-state index in [1.807, 2.05) is 30.3 Å². The van der Waals surface area contributed by atoms with Gasteiger partial charge in [-0.05, 0) is 92.2 Å². The fraction of sp³-hybridized carbons (Fsp3) is 0.355. The summed E-state index contributed by atoms with van der Waals surface area (Å²) in [5.74, 6) is 0.796. The van der Waals surface area contributed by atoms with Gasteiger partial charge >= 0.3 is 0 Å². The van der Waals surface area contributed by atoms with Crippen molar-refractivity contribution in [3.8, 4) is 5.75 Å². The normalized spacial score (nSPS) is 16.2. The van der Waals surface area contributed by atoms with Gasteiger partial charge in [-0.3, -0.25) is 19.4 Å². The maximum Gasteiger partial charge on any atom is 0.258 e. The van der Waals surface area contributed by atoms with Crippen LogP contribution < -0.4 is 15.0 Å². The van der Waals surface area contributed by atoms with E-state index in [9.17, 15) is 9.59 Å². The van der Waals surface area contributed by atoms with E-state index in [0.29, 0.717) is 35.5 Å².